The van der Waals surface area contributed by atoms with Crippen LogP contribution in [-0.4, -0.2) is 34.1 Å². The first kappa shape index (κ1) is 23.5. The Morgan fingerprint density at radius 1 is 1.00 bits per heavy atom. The molecule has 0 atom stereocenters. The molecule has 0 aromatic heterocycles. The van der Waals surface area contributed by atoms with Crippen LogP contribution in [0.25, 0.3) is 0 Å². The number of benzene rings is 2. The van der Waals surface area contributed by atoms with Gasteiger partial charge in [0.15, 0.2) is 6.61 Å². The van der Waals surface area contributed by atoms with Crippen molar-refractivity contribution in [3.05, 3.63) is 48.0 Å². The summed E-state index contributed by atoms with van der Waals surface area (Å²) in [5.41, 5.74) is 1.07. The second kappa shape index (κ2) is 11.4. The Morgan fingerprint density at radius 3 is 2.37 bits per heavy atom. The fourth-order valence-corrected chi connectivity index (χ4v) is 3.89. The number of aryl methyl sites for hydroxylation is 1. The average molecular weight is 435 g/mol. The van der Waals surface area contributed by atoms with Gasteiger partial charge in [-0.15, -0.1) is 0 Å². The van der Waals surface area contributed by atoms with E-state index in [4.69, 9.17) is 9.47 Å². The number of nitrogens with one attached hydrogen (secondary N) is 2. The lowest BCUT2D eigenvalue weighted by molar-refractivity contribution is -0.123. The van der Waals surface area contributed by atoms with Crippen molar-refractivity contribution in [2.45, 2.75) is 44.9 Å². The Labute approximate surface area is 178 Å². The normalized spacial score (nSPS) is 11.0. The van der Waals surface area contributed by atoms with Gasteiger partial charge in [-0.3, -0.25) is 9.52 Å². The molecule has 0 heterocycles. The van der Waals surface area contributed by atoms with Crippen molar-refractivity contribution in [2.75, 3.05) is 24.5 Å². The number of sulfonamides is 1. The third-order valence-corrected chi connectivity index (χ3v) is 5.71. The topological polar surface area (TPSA) is 93.7 Å². The molecule has 7 nitrogen and oxygen atoms in total. The molecule has 8 heteroatoms. The number of hydrogen-bond donors (Lipinski definition) is 2. The zero-order valence-corrected chi connectivity index (χ0v) is 18.6. The maximum atomic E-state index is 12.7. The van der Waals surface area contributed by atoms with Gasteiger partial charge in [-0.1, -0.05) is 19.8 Å². The average Bonchev–Trinajstić information content (AvgIpc) is 2.71. The lowest BCUT2D eigenvalue weighted by atomic mass is 10.2. The van der Waals surface area contributed by atoms with E-state index in [9.17, 15) is 13.2 Å². The summed E-state index contributed by atoms with van der Waals surface area (Å²) in [5, 5.41) is 2.80. The highest BCUT2D eigenvalue weighted by Gasteiger charge is 2.16. The molecule has 0 saturated carbocycles. The number of anilines is 1. The van der Waals surface area contributed by atoms with Crippen LogP contribution < -0.4 is 19.5 Å². The molecule has 0 unspecified atom stereocenters. The van der Waals surface area contributed by atoms with E-state index in [0.29, 0.717) is 35.9 Å². The zero-order chi connectivity index (χ0) is 22.0. The van der Waals surface area contributed by atoms with Crippen molar-refractivity contribution in [1.82, 2.24) is 5.32 Å². The summed E-state index contributed by atoms with van der Waals surface area (Å²) in [6.45, 7) is 6.79. The van der Waals surface area contributed by atoms with Crippen LogP contribution in [0.1, 0.15) is 38.7 Å². The molecule has 0 saturated heterocycles. The molecule has 0 radical (unpaired) electrons. The van der Waals surface area contributed by atoms with Crippen molar-refractivity contribution >= 4 is 21.6 Å². The number of ether oxygens (including phenoxy) is 2. The van der Waals surface area contributed by atoms with Gasteiger partial charge in [0, 0.05) is 12.2 Å². The number of hydrogen-bond acceptors (Lipinski definition) is 5. The van der Waals surface area contributed by atoms with E-state index in [1.54, 1.807) is 37.3 Å². The van der Waals surface area contributed by atoms with E-state index < -0.39 is 10.0 Å². The second-order valence-electron chi connectivity index (χ2n) is 6.84. The van der Waals surface area contributed by atoms with Gasteiger partial charge >= 0.3 is 0 Å². The van der Waals surface area contributed by atoms with Crippen LogP contribution in [0.5, 0.6) is 11.5 Å². The fraction of sp³-hybridized carbons (Fsp3) is 0.409. The van der Waals surface area contributed by atoms with Crippen molar-refractivity contribution in [2.24, 2.45) is 0 Å². The number of amides is 1. The maximum absolute atomic E-state index is 12.7. The maximum Gasteiger partial charge on any atom is 0.261 e. The third kappa shape index (κ3) is 7.26. The quantitative estimate of drug-likeness (QED) is 0.495. The summed E-state index contributed by atoms with van der Waals surface area (Å²) in [6, 6.07) is 11.2. The highest BCUT2D eigenvalue weighted by atomic mass is 32.2. The number of rotatable bonds is 12. The number of carbonyl (C=O) groups excluding carboxylic acids is 1. The first-order valence-corrected chi connectivity index (χ1v) is 11.6. The molecule has 2 aromatic rings. The van der Waals surface area contributed by atoms with Crippen molar-refractivity contribution in [3.63, 3.8) is 0 Å². The largest absolute Gasteiger partial charge is 0.494 e. The summed E-state index contributed by atoms with van der Waals surface area (Å²) in [5.74, 6) is 0.949. The molecular weight excluding hydrogens is 404 g/mol. The zero-order valence-electron chi connectivity index (χ0n) is 17.7. The van der Waals surface area contributed by atoms with Crippen LogP contribution in [0, 0.1) is 6.92 Å². The third-order valence-electron chi connectivity index (χ3n) is 4.34. The first-order valence-electron chi connectivity index (χ1n) is 10.1. The van der Waals surface area contributed by atoms with Gasteiger partial charge in [-0.2, -0.15) is 0 Å². The molecule has 0 aliphatic heterocycles. The van der Waals surface area contributed by atoms with Crippen LogP contribution in [0.2, 0.25) is 0 Å². The molecule has 0 aliphatic rings. The molecular formula is C22H30N2O5S. The lowest BCUT2D eigenvalue weighted by Crippen LogP contribution is -2.29. The smallest absolute Gasteiger partial charge is 0.261 e. The van der Waals surface area contributed by atoms with E-state index in [2.05, 4.69) is 17.0 Å². The summed E-state index contributed by atoms with van der Waals surface area (Å²) in [6.07, 6.45) is 3.10. The monoisotopic (exact) mass is 434 g/mol. The molecule has 0 spiro atoms. The predicted octanol–water partition coefficient (Wildman–Crippen LogP) is 3.88. The second-order valence-corrected chi connectivity index (χ2v) is 8.52. The summed E-state index contributed by atoms with van der Waals surface area (Å²) >= 11 is 0. The Morgan fingerprint density at radius 2 is 1.73 bits per heavy atom. The van der Waals surface area contributed by atoms with E-state index in [1.807, 2.05) is 6.92 Å². The summed E-state index contributed by atoms with van der Waals surface area (Å²) in [4.78, 5) is 12.0. The van der Waals surface area contributed by atoms with Gasteiger partial charge in [0.05, 0.1) is 11.5 Å². The summed E-state index contributed by atoms with van der Waals surface area (Å²) in [7, 11) is -3.75. The number of unbranched alkanes of at least 4 members (excludes halogenated alkanes) is 2. The highest BCUT2D eigenvalue weighted by molar-refractivity contribution is 7.92. The lowest BCUT2D eigenvalue weighted by Gasteiger charge is -2.13. The highest BCUT2D eigenvalue weighted by Crippen LogP contribution is 2.24. The fourth-order valence-electron chi connectivity index (χ4n) is 2.75. The Kier molecular flexibility index (Phi) is 8.98. The van der Waals surface area contributed by atoms with Crippen molar-refractivity contribution in [1.29, 1.82) is 0 Å². The molecule has 2 N–H and O–H groups in total. The van der Waals surface area contributed by atoms with Crippen LogP contribution in [0.3, 0.4) is 0 Å². The van der Waals surface area contributed by atoms with Crippen LogP contribution in [-0.2, 0) is 14.8 Å². The standard InChI is InChI=1S/C22H30N2O5S/c1-4-6-7-14-23-22(25)16-29-21-13-12-20(15-17(21)3)30(26,27)24-18-8-10-19(11-9-18)28-5-2/h8-13,15,24H,4-7,14,16H2,1-3H3,(H,23,25). The Hall–Kier alpha value is -2.74. The van der Waals surface area contributed by atoms with Crippen LogP contribution >= 0.6 is 0 Å². The van der Waals surface area contributed by atoms with Gasteiger partial charge in [-0.05, 0) is 68.3 Å². The summed E-state index contributed by atoms with van der Waals surface area (Å²) < 4.78 is 38.8. The molecule has 30 heavy (non-hydrogen) atoms. The van der Waals surface area contributed by atoms with Gasteiger partial charge in [0.2, 0.25) is 0 Å². The van der Waals surface area contributed by atoms with E-state index in [-0.39, 0.29) is 17.4 Å². The van der Waals surface area contributed by atoms with Crippen molar-refractivity contribution < 1.29 is 22.7 Å². The minimum atomic E-state index is -3.75. The SMILES string of the molecule is CCCCCNC(=O)COc1ccc(S(=O)(=O)Nc2ccc(OCC)cc2)cc1C. The molecule has 0 fully saturated rings. The van der Waals surface area contributed by atoms with E-state index in [0.717, 1.165) is 19.3 Å². The van der Waals surface area contributed by atoms with Gasteiger partial charge in [0.1, 0.15) is 11.5 Å². The molecule has 0 bridgehead atoms. The van der Waals surface area contributed by atoms with Crippen LogP contribution in [0.4, 0.5) is 5.69 Å². The Balaban J connectivity index is 1.96. The molecule has 2 aromatic carbocycles. The van der Waals surface area contributed by atoms with Gasteiger partial charge in [0.25, 0.3) is 15.9 Å². The molecule has 2 rings (SSSR count). The van der Waals surface area contributed by atoms with Crippen LogP contribution in [0.15, 0.2) is 47.4 Å². The van der Waals surface area contributed by atoms with Gasteiger partial charge < -0.3 is 14.8 Å². The van der Waals surface area contributed by atoms with Gasteiger partial charge in [-0.25, -0.2) is 8.42 Å². The van der Waals surface area contributed by atoms with E-state index in [1.165, 1.54) is 12.1 Å². The minimum Gasteiger partial charge on any atom is -0.494 e. The predicted molar refractivity (Wildman–Crippen MR) is 118 cm³/mol. The molecule has 1 amide bonds. The van der Waals surface area contributed by atoms with E-state index >= 15 is 0 Å². The first-order chi connectivity index (χ1) is 14.4. The molecule has 164 valence electrons. The molecule has 0 aliphatic carbocycles. The number of carbonyl (C=O) groups is 1. The minimum absolute atomic E-state index is 0.108. The Bertz CT molecular complexity index is 927. The van der Waals surface area contributed by atoms with Crippen molar-refractivity contribution in [3.8, 4) is 11.5 Å².